The lowest BCUT2D eigenvalue weighted by Gasteiger charge is -2.20. The molecule has 2 N–H and O–H groups in total. The predicted octanol–water partition coefficient (Wildman–Crippen LogP) is 3.31. The number of carbonyl (C=O) groups excluding carboxylic acids is 1. The highest BCUT2D eigenvalue weighted by atomic mass is 16.1. The van der Waals surface area contributed by atoms with Gasteiger partial charge in [0, 0.05) is 36.1 Å². The summed E-state index contributed by atoms with van der Waals surface area (Å²) in [5, 5.41) is 6.35. The molecule has 0 spiro atoms. The Kier molecular flexibility index (Phi) is 4.17. The second-order valence-corrected chi connectivity index (χ2v) is 6.54. The van der Waals surface area contributed by atoms with Gasteiger partial charge in [0.25, 0.3) is 0 Å². The third-order valence-electron chi connectivity index (χ3n) is 4.73. The summed E-state index contributed by atoms with van der Waals surface area (Å²) in [5.41, 5.74) is 4.52. The Hall–Kier alpha value is -2.40. The number of hydrogen-bond acceptors (Lipinski definition) is 4. The van der Waals surface area contributed by atoms with E-state index in [2.05, 4.69) is 44.8 Å². The average Bonchev–Trinajstić information content (AvgIpc) is 3.08. The molecule has 0 aliphatic carbocycles. The van der Waals surface area contributed by atoms with Crippen LogP contribution in [0.1, 0.15) is 30.4 Å². The normalized spacial score (nSPS) is 17.4. The van der Waals surface area contributed by atoms with Crippen LogP contribution in [0.25, 0.3) is 0 Å². The maximum Gasteiger partial charge on any atom is 0.225 e. The van der Waals surface area contributed by atoms with Crippen molar-refractivity contribution in [2.45, 2.75) is 32.2 Å². The molecule has 1 fully saturated rings. The molecule has 1 aromatic heterocycles. The first-order valence-electron chi connectivity index (χ1n) is 8.64. The van der Waals surface area contributed by atoms with Gasteiger partial charge < -0.3 is 10.6 Å². The molecule has 4 rings (SSSR count). The fraction of sp³-hybridized carbons (Fsp3) is 0.368. The molecular weight excluding hydrogens is 300 g/mol. The topological polar surface area (TPSA) is 57.3 Å². The number of benzene rings is 1. The summed E-state index contributed by atoms with van der Waals surface area (Å²) < 4.78 is 0. The van der Waals surface area contributed by atoms with Crippen molar-refractivity contribution in [3.8, 4) is 0 Å². The third kappa shape index (κ3) is 3.26. The lowest BCUT2D eigenvalue weighted by molar-refractivity contribution is -0.116. The van der Waals surface area contributed by atoms with E-state index in [4.69, 9.17) is 0 Å². The molecule has 0 atom stereocenters. The van der Waals surface area contributed by atoms with Crippen molar-refractivity contribution in [2.75, 3.05) is 23.7 Å². The molecule has 1 amide bonds. The molecule has 0 saturated carbocycles. The van der Waals surface area contributed by atoms with E-state index in [9.17, 15) is 4.79 Å². The Balaban J connectivity index is 1.53. The van der Waals surface area contributed by atoms with Crippen LogP contribution in [0.4, 0.5) is 17.2 Å². The third-order valence-corrected chi connectivity index (χ3v) is 4.73. The van der Waals surface area contributed by atoms with Gasteiger partial charge in [0.05, 0.1) is 0 Å². The number of anilines is 3. The van der Waals surface area contributed by atoms with Gasteiger partial charge in [-0.1, -0.05) is 12.1 Å². The van der Waals surface area contributed by atoms with E-state index in [-0.39, 0.29) is 5.91 Å². The Labute approximate surface area is 142 Å². The minimum absolute atomic E-state index is 0.0414. The molecular formula is C19H22N4O. The van der Waals surface area contributed by atoms with Crippen LogP contribution in [0.2, 0.25) is 0 Å². The highest BCUT2D eigenvalue weighted by Crippen LogP contribution is 2.30. The van der Waals surface area contributed by atoms with Gasteiger partial charge >= 0.3 is 0 Å². The Bertz CT molecular complexity index is 753. The van der Waals surface area contributed by atoms with Gasteiger partial charge in [0.1, 0.15) is 5.82 Å². The Morgan fingerprint density at radius 2 is 2.04 bits per heavy atom. The second-order valence-electron chi connectivity index (χ2n) is 6.54. The van der Waals surface area contributed by atoms with E-state index < -0.39 is 0 Å². The molecule has 1 saturated heterocycles. The van der Waals surface area contributed by atoms with Crippen molar-refractivity contribution < 1.29 is 4.79 Å². The zero-order chi connectivity index (χ0) is 16.4. The van der Waals surface area contributed by atoms with Gasteiger partial charge in [-0.15, -0.1) is 0 Å². The van der Waals surface area contributed by atoms with Crippen LogP contribution in [-0.4, -0.2) is 28.9 Å². The highest BCUT2D eigenvalue weighted by Gasteiger charge is 2.19. The van der Waals surface area contributed by atoms with Gasteiger partial charge in [0.2, 0.25) is 5.91 Å². The minimum atomic E-state index is 0.0414. The Morgan fingerprint density at radius 1 is 1.17 bits per heavy atom. The first kappa shape index (κ1) is 15.1. The van der Waals surface area contributed by atoms with Crippen molar-refractivity contribution >= 4 is 23.1 Å². The maximum atomic E-state index is 11.5. The molecule has 2 aliphatic heterocycles. The molecule has 1 aromatic carbocycles. The van der Waals surface area contributed by atoms with Crippen molar-refractivity contribution in [3.63, 3.8) is 0 Å². The SMILES string of the molecule is O=C1CCc2c(Nc3cccc(CN4CCCC4)c3)ccnc2N1. The van der Waals surface area contributed by atoms with Crippen LogP contribution in [0.3, 0.4) is 0 Å². The molecule has 5 heteroatoms. The van der Waals surface area contributed by atoms with Crippen LogP contribution >= 0.6 is 0 Å². The monoisotopic (exact) mass is 322 g/mol. The fourth-order valence-corrected chi connectivity index (χ4v) is 3.51. The number of nitrogens with zero attached hydrogens (tertiary/aromatic N) is 2. The van der Waals surface area contributed by atoms with Gasteiger partial charge in [0.15, 0.2) is 0 Å². The number of hydrogen-bond donors (Lipinski definition) is 2. The first-order valence-corrected chi connectivity index (χ1v) is 8.64. The van der Waals surface area contributed by atoms with Gasteiger partial charge in [-0.05, 0) is 56.1 Å². The largest absolute Gasteiger partial charge is 0.355 e. The van der Waals surface area contributed by atoms with E-state index >= 15 is 0 Å². The summed E-state index contributed by atoms with van der Waals surface area (Å²) in [6.45, 7) is 3.42. The average molecular weight is 322 g/mol. The number of likely N-dealkylation sites (tertiary alicyclic amines) is 1. The molecule has 0 radical (unpaired) electrons. The molecule has 0 bridgehead atoms. The van der Waals surface area contributed by atoms with Crippen molar-refractivity contribution in [1.82, 2.24) is 9.88 Å². The van der Waals surface area contributed by atoms with Gasteiger partial charge in [-0.2, -0.15) is 0 Å². The molecule has 2 aromatic rings. The van der Waals surface area contributed by atoms with E-state index in [0.29, 0.717) is 12.2 Å². The van der Waals surface area contributed by atoms with Crippen LogP contribution < -0.4 is 10.6 Å². The van der Waals surface area contributed by atoms with Gasteiger partial charge in [-0.3, -0.25) is 9.69 Å². The summed E-state index contributed by atoms with van der Waals surface area (Å²) in [6.07, 6.45) is 5.60. The Morgan fingerprint density at radius 3 is 2.92 bits per heavy atom. The highest BCUT2D eigenvalue weighted by molar-refractivity contribution is 5.94. The molecule has 24 heavy (non-hydrogen) atoms. The molecule has 2 aliphatic rings. The zero-order valence-corrected chi connectivity index (χ0v) is 13.7. The number of amides is 1. The first-order chi connectivity index (χ1) is 11.8. The predicted molar refractivity (Wildman–Crippen MR) is 95.4 cm³/mol. The lowest BCUT2D eigenvalue weighted by atomic mass is 10.0. The fourth-order valence-electron chi connectivity index (χ4n) is 3.51. The van der Waals surface area contributed by atoms with Crippen LogP contribution in [0.5, 0.6) is 0 Å². The van der Waals surface area contributed by atoms with Crippen molar-refractivity contribution in [2.24, 2.45) is 0 Å². The summed E-state index contributed by atoms with van der Waals surface area (Å²) >= 11 is 0. The second kappa shape index (κ2) is 6.61. The molecule has 124 valence electrons. The van der Waals surface area contributed by atoms with Crippen molar-refractivity contribution in [1.29, 1.82) is 0 Å². The number of pyridine rings is 1. The van der Waals surface area contributed by atoms with E-state index in [1.807, 2.05) is 6.07 Å². The smallest absolute Gasteiger partial charge is 0.225 e. The minimum Gasteiger partial charge on any atom is -0.355 e. The molecule has 3 heterocycles. The number of rotatable bonds is 4. The van der Waals surface area contributed by atoms with Crippen molar-refractivity contribution in [3.05, 3.63) is 47.7 Å². The lowest BCUT2D eigenvalue weighted by Crippen LogP contribution is -2.21. The standard InChI is InChI=1S/C19H22N4O/c24-18-7-6-16-17(8-9-20-19(16)22-18)21-15-5-3-4-14(12-15)13-23-10-1-2-11-23/h3-5,8-9,12H,1-2,6-7,10-11,13H2,(H2,20,21,22,24). The summed E-state index contributed by atoms with van der Waals surface area (Å²) in [7, 11) is 0. The maximum absolute atomic E-state index is 11.5. The summed E-state index contributed by atoms with van der Waals surface area (Å²) in [4.78, 5) is 18.3. The number of fused-ring (bicyclic) bond motifs is 1. The van der Waals surface area contributed by atoms with E-state index in [1.165, 1.54) is 31.5 Å². The molecule has 5 nitrogen and oxygen atoms in total. The van der Waals surface area contributed by atoms with E-state index in [1.54, 1.807) is 6.20 Å². The summed E-state index contributed by atoms with van der Waals surface area (Å²) in [6, 6.07) is 10.6. The summed E-state index contributed by atoms with van der Waals surface area (Å²) in [5.74, 6) is 0.726. The van der Waals surface area contributed by atoms with E-state index in [0.717, 1.165) is 29.9 Å². The van der Waals surface area contributed by atoms with Crippen LogP contribution in [0.15, 0.2) is 36.5 Å². The zero-order valence-electron chi connectivity index (χ0n) is 13.7. The van der Waals surface area contributed by atoms with Crippen LogP contribution in [0, 0.1) is 0 Å². The number of carbonyl (C=O) groups is 1. The quantitative estimate of drug-likeness (QED) is 0.907. The number of aromatic nitrogens is 1. The number of nitrogens with one attached hydrogen (secondary N) is 2. The van der Waals surface area contributed by atoms with Gasteiger partial charge in [-0.25, -0.2) is 4.98 Å². The van der Waals surface area contributed by atoms with Crippen LogP contribution in [-0.2, 0) is 17.8 Å². The molecule has 0 unspecified atom stereocenters.